The van der Waals surface area contributed by atoms with Gasteiger partial charge in [-0.2, -0.15) is 0 Å². The number of nitrogens with zero attached hydrogens (tertiary/aromatic N) is 3. The van der Waals surface area contributed by atoms with Gasteiger partial charge < -0.3 is 4.42 Å². The van der Waals surface area contributed by atoms with E-state index in [1.165, 1.54) is 24.2 Å². The monoisotopic (exact) mass is 213 g/mol. The second kappa shape index (κ2) is 3.76. The van der Waals surface area contributed by atoms with E-state index in [-0.39, 0.29) is 0 Å². The summed E-state index contributed by atoms with van der Waals surface area (Å²) in [6.07, 6.45) is 6.15. The molecule has 0 aromatic carbocycles. The summed E-state index contributed by atoms with van der Waals surface area (Å²) in [5.41, 5.74) is 0. The SMILES string of the molecule is Clc1nccnc1Sc1ncco1. The molecule has 0 radical (unpaired) electrons. The lowest BCUT2D eigenvalue weighted by Gasteiger charge is -1.96. The summed E-state index contributed by atoms with van der Waals surface area (Å²) >= 11 is 7.01. The smallest absolute Gasteiger partial charge is 0.262 e. The number of hydrogen-bond acceptors (Lipinski definition) is 5. The topological polar surface area (TPSA) is 51.8 Å². The highest BCUT2D eigenvalue weighted by atomic mass is 35.5. The van der Waals surface area contributed by atoms with Crippen LogP contribution in [0, 0.1) is 0 Å². The molecule has 0 atom stereocenters. The number of oxazole rings is 1. The van der Waals surface area contributed by atoms with Crippen molar-refractivity contribution in [2.45, 2.75) is 10.2 Å². The van der Waals surface area contributed by atoms with Gasteiger partial charge >= 0.3 is 0 Å². The number of rotatable bonds is 2. The maximum absolute atomic E-state index is 5.78. The molecule has 0 bridgehead atoms. The average molecular weight is 214 g/mol. The highest BCUT2D eigenvalue weighted by molar-refractivity contribution is 7.99. The Kier molecular flexibility index (Phi) is 2.47. The molecule has 0 saturated heterocycles. The normalized spacial score (nSPS) is 10.2. The zero-order chi connectivity index (χ0) is 9.10. The van der Waals surface area contributed by atoms with E-state index < -0.39 is 0 Å². The van der Waals surface area contributed by atoms with Gasteiger partial charge in [0, 0.05) is 12.4 Å². The minimum absolute atomic E-state index is 0.353. The van der Waals surface area contributed by atoms with E-state index in [1.54, 1.807) is 12.4 Å². The Labute approximate surface area is 83.4 Å². The van der Waals surface area contributed by atoms with Crippen LogP contribution in [0.4, 0.5) is 0 Å². The second-order valence-corrected chi connectivity index (χ2v) is 3.35. The van der Waals surface area contributed by atoms with Gasteiger partial charge in [-0.1, -0.05) is 11.6 Å². The Morgan fingerprint density at radius 3 is 2.69 bits per heavy atom. The molecule has 2 rings (SSSR count). The van der Waals surface area contributed by atoms with Crippen molar-refractivity contribution in [2.75, 3.05) is 0 Å². The minimum Gasteiger partial charge on any atom is -0.440 e. The van der Waals surface area contributed by atoms with Gasteiger partial charge in [0.1, 0.15) is 11.3 Å². The summed E-state index contributed by atoms with van der Waals surface area (Å²) in [6.45, 7) is 0. The van der Waals surface area contributed by atoms with Crippen LogP contribution >= 0.6 is 23.4 Å². The molecule has 0 saturated carbocycles. The molecule has 0 amide bonds. The molecule has 0 aliphatic rings. The van der Waals surface area contributed by atoms with E-state index >= 15 is 0 Å². The van der Waals surface area contributed by atoms with Crippen LogP contribution in [0.25, 0.3) is 0 Å². The van der Waals surface area contributed by atoms with Crippen LogP contribution in [0.2, 0.25) is 5.15 Å². The van der Waals surface area contributed by atoms with Crippen LogP contribution < -0.4 is 0 Å². The van der Waals surface area contributed by atoms with Crippen LogP contribution in [0.5, 0.6) is 0 Å². The third-order valence-electron chi connectivity index (χ3n) is 1.22. The summed E-state index contributed by atoms with van der Waals surface area (Å²) < 4.78 is 5.02. The lowest BCUT2D eigenvalue weighted by Crippen LogP contribution is -1.83. The van der Waals surface area contributed by atoms with Crippen molar-refractivity contribution in [3.8, 4) is 0 Å². The van der Waals surface area contributed by atoms with Crippen molar-refractivity contribution in [2.24, 2.45) is 0 Å². The van der Waals surface area contributed by atoms with Crippen molar-refractivity contribution in [1.82, 2.24) is 15.0 Å². The van der Waals surface area contributed by atoms with Crippen molar-refractivity contribution in [3.63, 3.8) is 0 Å². The van der Waals surface area contributed by atoms with Gasteiger partial charge in [0.15, 0.2) is 5.15 Å². The van der Waals surface area contributed by atoms with Gasteiger partial charge in [0.25, 0.3) is 5.22 Å². The minimum atomic E-state index is 0.353. The van der Waals surface area contributed by atoms with Crippen LogP contribution in [0.1, 0.15) is 0 Å². The first kappa shape index (κ1) is 8.52. The molecule has 0 unspecified atom stereocenters. The molecule has 0 aliphatic heterocycles. The highest BCUT2D eigenvalue weighted by Gasteiger charge is 2.07. The van der Waals surface area contributed by atoms with Crippen LogP contribution in [0.15, 0.2) is 39.5 Å². The molecule has 2 aromatic heterocycles. The number of halogens is 1. The van der Waals surface area contributed by atoms with E-state index in [9.17, 15) is 0 Å². The van der Waals surface area contributed by atoms with Gasteiger partial charge in [-0.05, 0) is 11.8 Å². The zero-order valence-electron chi connectivity index (χ0n) is 6.35. The van der Waals surface area contributed by atoms with E-state index in [2.05, 4.69) is 15.0 Å². The summed E-state index contributed by atoms with van der Waals surface area (Å²) in [7, 11) is 0. The van der Waals surface area contributed by atoms with Crippen molar-refractivity contribution in [1.29, 1.82) is 0 Å². The van der Waals surface area contributed by atoms with Gasteiger partial charge in [-0.15, -0.1) is 0 Å². The maximum Gasteiger partial charge on any atom is 0.262 e. The highest BCUT2D eigenvalue weighted by Crippen LogP contribution is 2.28. The molecule has 2 aromatic rings. The predicted molar refractivity (Wildman–Crippen MR) is 47.7 cm³/mol. The third kappa shape index (κ3) is 1.99. The summed E-state index contributed by atoms with van der Waals surface area (Å²) in [4.78, 5) is 11.8. The zero-order valence-corrected chi connectivity index (χ0v) is 7.92. The van der Waals surface area contributed by atoms with Crippen LogP contribution in [-0.2, 0) is 0 Å². The summed E-state index contributed by atoms with van der Waals surface area (Å²) in [5.74, 6) is 0. The first-order valence-electron chi connectivity index (χ1n) is 3.40. The summed E-state index contributed by atoms with van der Waals surface area (Å²) in [6, 6.07) is 0. The van der Waals surface area contributed by atoms with E-state index in [1.807, 2.05) is 0 Å². The van der Waals surface area contributed by atoms with E-state index in [0.29, 0.717) is 15.4 Å². The average Bonchev–Trinajstić information content (AvgIpc) is 2.61. The first-order valence-corrected chi connectivity index (χ1v) is 4.59. The molecule has 0 aliphatic carbocycles. The fraction of sp³-hybridized carbons (Fsp3) is 0. The molecule has 0 fully saturated rings. The predicted octanol–water partition coefficient (Wildman–Crippen LogP) is 2.27. The van der Waals surface area contributed by atoms with Crippen LogP contribution in [-0.4, -0.2) is 15.0 Å². The standard InChI is InChI=1S/C7H4ClN3OS/c8-5-6(10-2-1-9-5)13-7-11-3-4-12-7/h1-4H. The molecular formula is C7H4ClN3OS. The lowest BCUT2D eigenvalue weighted by atomic mass is 10.8. The van der Waals surface area contributed by atoms with Gasteiger partial charge in [-0.3, -0.25) is 0 Å². The van der Waals surface area contributed by atoms with E-state index in [0.717, 1.165) is 0 Å². The van der Waals surface area contributed by atoms with Crippen molar-refractivity contribution >= 4 is 23.4 Å². The molecule has 4 nitrogen and oxygen atoms in total. The first-order chi connectivity index (χ1) is 6.36. The second-order valence-electron chi connectivity index (χ2n) is 2.05. The Morgan fingerprint density at radius 2 is 2.00 bits per heavy atom. The molecule has 6 heteroatoms. The maximum atomic E-state index is 5.78. The Hall–Kier alpha value is -1.07. The van der Waals surface area contributed by atoms with Crippen LogP contribution in [0.3, 0.4) is 0 Å². The van der Waals surface area contributed by atoms with Crippen molar-refractivity contribution in [3.05, 3.63) is 30.0 Å². The van der Waals surface area contributed by atoms with Gasteiger partial charge in [0.2, 0.25) is 0 Å². The van der Waals surface area contributed by atoms with Crippen molar-refractivity contribution < 1.29 is 4.42 Å². The number of hydrogen-bond donors (Lipinski definition) is 0. The lowest BCUT2D eigenvalue weighted by molar-refractivity contribution is 0.454. The third-order valence-corrected chi connectivity index (χ3v) is 2.47. The fourth-order valence-corrected chi connectivity index (χ4v) is 1.57. The molecule has 13 heavy (non-hydrogen) atoms. The van der Waals surface area contributed by atoms with E-state index in [4.69, 9.17) is 16.0 Å². The molecule has 2 heterocycles. The largest absolute Gasteiger partial charge is 0.440 e. The molecule has 0 N–H and O–H groups in total. The summed E-state index contributed by atoms with van der Waals surface area (Å²) in [5, 5.41) is 1.44. The quantitative estimate of drug-likeness (QED) is 0.766. The van der Waals surface area contributed by atoms with Gasteiger partial charge in [0.05, 0.1) is 6.20 Å². The van der Waals surface area contributed by atoms with Gasteiger partial charge in [-0.25, -0.2) is 15.0 Å². The molecular weight excluding hydrogens is 210 g/mol. The molecule has 0 spiro atoms. The molecule has 66 valence electrons. The Balaban J connectivity index is 2.24. The Bertz CT molecular complexity index is 392. The Morgan fingerprint density at radius 1 is 1.15 bits per heavy atom. The fourth-order valence-electron chi connectivity index (χ4n) is 0.720. The number of aromatic nitrogens is 3.